The van der Waals surface area contributed by atoms with Gasteiger partial charge in [-0.1, -0.05) is 41.9 Å². The molecule has 0 aliphatic carbocycles. The summed E-state index contributed by atoms with van der Waals surface area (Å²) in [7, 11) is 1.57. The standard InChI is InChI=1S/C22H17ClN2O2/c1-27-18-11-12-19(22(26)13-18)20-14-21(15-7-9-16(23)10-8-15)25(24-20)17-5-3-2-4-6-17/h2-14,26H,1H3. The minimum Gasteiger partial charge on any atom is -0.507 e. The van der Waals surface area contributed by atoms with Crippen molar-refractivity contribution in [2.45, 2.75) is 0 Å². The number of aromatic hydroxyl groups is 1. The summed E-state index contributed by atoms with van der Waals surface area (Å²) >= 11 is 6.04. The molecule has 27 heavy (non-hydrogen) atoms. The van der Waals surface area contributed by atoms with Gasteiger partial charge in [0.25, 0.3) is 0 Å². The summed E-state index contributed by atoms with van der Waals surface area (Å²) in [6, 6.07) is 24.6. The molecule has 5 heteroatoms. The number of halogens is 1. The van der Waals surface area contributed by atoms with Crippen LogP contribution in [0.15, 0.2) is 78.9 Å². The van der Waals surface area contributed by atoms with Crippen LogP contribution in [0.25, 0.3) is 28.2 Å². The van der Waals surface area contributed by atoms with E-state index in [1.807, 2.05) is 65.3 Å². The molecule has 0 bridgehead atoms. The first-order valence-electron chi connectivity index (χ1n) is 8.44. The Morgan fingerprint density at radius 3 is 2.33 bits per heavy atom. The number of para-hydroxylation sites is 1. The fourth-order valence-corrected chi connectivity index (χ4v) is 3.09. The molecule has 1 heterocycles. The van der Waals surface area contributed by atoms with E-state index in [1.165, 1.54) is 0 Å². The first kappa shape index (κ1) is 17.2. The van der Waals surface area contributed by atoms with Crippen molar-refractivity contribution >= 4 is 11.6 Å². The minimum absolute atomic E-state index is 0.120. The van der Waals surface area contributed by atoms with E-state index in [4.69, 9.17) is 21.4 Å². The average molecular weight is 377 g/mol. The van der Waals surface area contributed by atoms with Gasteiger partial charge in [0.05, 0.1) is 24.2 Å². The van der Waals surface area contributed by atoms with E-state index in [9.17, 15) is 5.11 Å². The van der Waals surface area contributed by atoms with Gasteiger partial charge in [0.1, 0.15) is 11.5 Å². The molecule has 0 spiro atoms. The number of ether oxygens (including phenoxy) is 1. The highest BCUT2D eigenvalue weighted by atomic mass is 35.5. The summed E-state index contributed by atoms with van der Waals surface area (Å²) in [6.45, 7) is 0. The van der Waals surface area contributed by atoms with Gasteiger partial charge in [-0.3, -0.25) is 0 Å². The molecule has 134 valence electrons. The van der Waals surface area contributed by atoms with Crippen LogP contribution < -0.4 is 4.74 Å². The van der Waals surface area contributed by atoms with Gasteiger partial charge in [-0.25, -0.2) is 4.68 Å². The summed E-state index contributed by atoms with van der Waals surface area (Å²) in [5.74, 6) is 0.714. The van der Waals surface area contributed by atoms with E-state index in [0.717, 1.165) is 16.9 Å². The zero-order valence-electron chi connectivity index (χ0n) is 14.6. The lowest BCUT2D eigenvalue weighted by Crippen LogP contribution is -1.98. The van der Waals surface area contributed by atoms with Crippen molar-refractivity contribution in [2.75, 3.05) is 7.11 Å². The zero-order chi connectivity index (χ0) is 18.8. The third kappa shape index (κ3) is 3.39. The van der Waals surface area contributed by atoms with Gasteiger partial charge in [0, 0.05) is 22.2 Å². The average Bonchev–Trinajstić information content (AvgIpc) is 3.14. The van der Waals surface area contributed by atoms with Crippen LogP contribution in [0.3, 0.4) is 0 Å². The monoisotopic (exact) mass is 376 g/mol. The second-order valence-corrected chi connectivity index (χ2v) is 6.49. The molecule has 0 saturated carbocycles. The second kappa shape index (κ2) is 7.17. The molecule has 0 radical (unpaired) electrons. The van der Waals surface area contributed by atoms with Crippen molar-refractivity contribution < 1.29 is 9.84 Å². The van der Waals surface area contributed by atoms with Gasteiger partial charge in [0.15, 0.2) is 0 Å². The molecular weight excluding hydrogens is 360 g/mol. The van der Waals surface area contributed by atoms with E-state index in [2.05, 4.69) is 0 Å². The summed E-state index contributed by atoms with van der Waals surface area (Å²) < 4.78 is 7.03. The van der Waals surface area contributed by atoms with Gasteiger partial charge in [-0.05, 0) is 42.5 Å². The van der Waals surface area contributed by atoms with Crippen molar-refractivity contribution in [2.24, 2.45) is 0 Å². The molecule has 0 aliphatic rings. The van der Waals surface area contributed by atoms with Crippen molar-refractivity contribution in [3.63, 3.8) is 0 Å². The third-order valence-corrected chi connectivity index (χ3v) is 4.58. The van der Waals surface area contributed by atoms with Gasteiger partial charge >= 0.3 is 0 Å². The Labute approximate surface area is 162 Å². The summed E-state index contributed by atoms with van der Waals surface area (Å²) in [5, 5.41) is 15.8. The highest BCUT2D eigenvalue weighted by Crippen LogP contribution is 2.35. The Balaban J connectivity index is 1.89. The van der Waals surface area contributed by atoms with Crippen LogP contribution in [0.1, 0.15) is 0 Å². The molecule has 0 saturated heterocycles. The highest BCUT2D eigenvalue weighted by molar-refractivity contribution is 6.30. The van der Waals surface area contributed by atoms with Crippen LogP contribution >= 0.6 is 11.6 Å². The van der Waals surface area contributed by atoms with E-state index in [-0.39, 0.29) is 5.75 Å². The minimum atomic E-state index is 0.120. The van der Waals surface area contributed by atoms with E-state index in [1.54, 1.807) is 25.3 Å². The number of hydrogen-bond donors (Lipinski definition) is 1. The molecule has 0 fully saturated rings. The summed E-state index contributed by atoms with van der Waals surface area (Å²) in [4.78, 5) is 0. The fourth-order valence-electron chi connectivity index (χ4n) is 2.96. The largest absolute Gasteiger partial charge is 0.507 e. The molecule has 4 nitrogen and oxygen atoms in total. The Hall–Kier alpha value is -3.24. The van der Waals surface area contributed by atoms with Crippen LogP contribution in [0.2, 0.25) is 5.02 Å². The second-order valence-electron chi connectivity index (χ2n) is 6.05. The Morgan fingerprint density at radius 2 is 1.67 bits per heavy atom. The van der Waals surface area contributed by atoms with Crippen LogP contribution in [-0.2, 0) is 0 Å². The number of aromatic nitrogens is 2. The lowest BCUT2D eigenvalue weighted by molar-refractivity contribution is 0.408. The number of rotatable bonds is 4. The lowest BCUT2D eigenvalue weighted by atomic mass is 10.1. The number of nitrogens with zero attached hydrogens (tertiary/aromatic N) is 2. The first-order chi connectivity index (χ1) is 13.2. The number of hydrogen-bond acceptors (Lipinski definition) is 3. The smallest absolute Gasteiger partial charge is 0.128 e. The molecule has 0 amide bonds. The molecule has 3 aromatic carbocycles. The van der Waals surface area contributed by atoms with Gasteiger partial charge in [-0.15, -0.1) is 0 Å². The quantitative estimate of drug-likeness (QED) is 0.506. The topological polar surface area (TPSA) is 47.3 Å². The molecule has 0 aliphatic heterocycles. The molecule has 4 aromatic rings. The van der Waals surface area contributed by atoms with Crippen LogP contribution in [0.5, 0.6) is 11.5 Å². The fraction of sp³-hybridized carbons (Fsp3) is 0.0455. The van der Waals surface area contributed by atoms with Crippen molar-refractivity contribution in [3.8, 4) is 39.7 Å². The maximum absolute atomic E-state index is 10.4. The Kier molecular flexibility index (Phi) is 4.57. The van der Waals surface area contributed by atoms with Gasteiger partial charge in [0.2, 0.25) is 0 Å². The maximum atomic E-state index is 10.4. The Morgan fingerprint density at radius 1 is 0.926 bits per heavy atom. The van der Waals surface area contributed by atoms with E-state index in [0.29, 0.717) is 22.0 Å². The molecular formula is C22H17ClN2O2. The normalized spacial score (nSPS) is 10.7. The highest BCUT2D eigenvalue weighted by Gasteiger charge is 2.15. The number of methoxy groups -OCH3 is 1. The van der Waals surface area contributed by atoms with Crippen LogP contribution in [0.4, 0.5) is 0 Å². The van der Waals surface area contributed by atoms with Crippen LogP contribution in [-0.4, -0.2) is 22.0 Å². The number of benzene rings is 3. The summed E-state index contributed by atoms with van der Waals surface area (Å²) in [6.07, 6.45) is 0. The molecule has 1 N–H and O–H groups in total. The molecule has 4 rings (SSSR count). The predicted molar refractivity (Wildman–Crippen MR) is 108 cm³/mol. The van der Waals surface area contributed by atoms with Gasteiger partial charge < -0.3 is 9.84 Å². The first-order valence-corrected chi connectivity index (χ1v) is 8.82. The summed E-state index contributed by atoms with van der Waals surface area (Å²) in [5.41, 5.74) is 4.13. The zero-order valence-corrected chi connectivity index (χ0v) is 15.4. The third-order valence-electron chi connectivity index (χ3n) is 4.33. The number of phenols is 1. The molecule has 0 atom stereocenters. The predicted octanol–water partition coefficient (Wildman–Crippen LogP) is 5.57. The van der Waals surface area contributed by atoms with E-state index < -0.39 is 0 Å². The van der Waals surface area contributed by atoms with Crippen molar-refractivity contribution in [1.82, 2.24) is 9.78 Å². The van der Waals surface area contributed by atoms with Crippen LogP contribution in [0, 0.1) is 0 Å². The lowest BCUT2D eigenvalue weighted by Gasteiger charge is -2.07. The molecule has 0 unspecified atom stereocenters. The maximum Gasteiger partial charge on any atom is 0.128 e. The molecule has 1 aromatic heterocycles. The number of phenolic OH excluding ortho intramolecular Hbond substituents is 1. The Bertz CT molecular complexity index is 1070. The van der Waals surface area contributed by atoms with Crippen molar-refractivity contribution in [1.29, 1.82) is 0 Å². The SMILES string of the molecule is COc1ccc(-c2cc(-c3ccc(Cl)cc3)n(-c3ccccc3)n2)c(O)c1. The van der Waals surface area contributed by atoms with Gasteiger partial charge in [-0.2, -0.15) is 5.10 Å². The van der Waals surface area contributed by atoms with E-state index >= 15 is 0 Å². The van der Waals surface area contributed by atoms with Crippen molar-refractivity contribution in [3.05, 3.63) is 83.9 Å².